The van der Waals surface area contributed by atoms with E-state index < -0.39 is 18.0 Å². The standard InChI is InChI=1S/C13H15F3N2O2/c1-3-20-10-7-18(12(19)8(10)2)11-6-9(4-5-17-11)13(14,15)16/h4-8,12,19H,3H2,1-2H3. The number of aromatic nitrogens is 1. The van der Waals surface area contributed by atoms with Crippen molar-refractivity contribution in [2.45, 2.75) is 26.3 Å². The predicted molar refractivity (Wildman–Crippen MR) is 66.6 cm³/mol. The summed E-state index contributed by atoms with van der Waals surface area (Å²) in [5.74, 6) is 0.236. The van der Waals surface area contributed by atoms with Crippen molar-refractivity contribution in [2.75, 3.05) is 11.5 Å². The Bertz CT molecular complexity index is 517. The van der Waals surface area contributed by atoms with Gasteiger partial charge in [0.15, 0.2) is 0 Å². The second kappa shape index (κ2) is 5.32. The average molecular weight is 288 g/mol. The SMILES string of the molecule is CCOC1=CN(c2cc(C(F)(F)F)ccn2)C(O)C1C. The molecule has 1 aromatic heterocycles. The summed E-state index contributed by atoms with van der Waals surface area (Å²) in [7, 11) is 0. The number of hydrogen-bond acceptors (Lipinski definition) is 4. The molecule has 0 amide bonds. The molecule has 1 N–H and O–H groups in total. The molecule has 0 fully saturated rings. The maximum absolute atomic E-state index is 12.7. The Hall–Kier alpha value is -1.76. The molecule has 1 aliphatic rings. The Morgan fingerprint density at radius 2 is 2.15 bits per heavy atom. The fraction of sp³-hybridized carbons (Fsp3) is 0.462. The highest BCUT2D eigenvalue weighted by Crippen LogP contribution is 2.34. The molecule has 0 radical (unpaired) electrons. The van der Waals surface area contributed by atoms with Crippen molar-refractivity contribution in [2.24, 2.45) is 5.92 Å². The van der Waals surface area contributed by atoms with Crippen LogP contribution >= 0.6 is 0 Å². The predicted octanol–water partition coefficient (Wildman–Crippen LogP) is 2.75. The van der Waals surface area contributed by atoms with E-state index in [4.69, 9.17) is 4.74 Å². The number of nitrogens with zero attached hydrogens (tertiary/aromatic N) is 2. The molecular formula is C13H15F3N2O2. The normalized spacial score (nSPS) is 22.9. The minimum atomic E-state index is -4.44. The van der Waals surface area contributed by atoms with Gasteiger partial charge in [0, 0.05) is 12.4 Å². The van der Waals surface area contributed by atoms with Crippen molar-refractivity contribution in [3.63, 3.8) is 0 Å². The van der Waals surface area contributed by atoms with Gasteiger partial charge in [-0.05, 0) is 19.1 Å². The van der Waals surface area contributed by atoms with E-state index in [0.717, 1.165) is 18.3 Å². The number of aliphatic hydroxyl groups excluding tert-OH is 1. The van der Waals surface area contributed by atoms with Gasteiger partial charge < -0.3 is 14.7 Å². The maximum atomic E-state index is 12.7. The molecule has 7 heteroatoms. The molecule has 4 nitrogen and oxygen atoms in total. The summed E-state index contributed by atoms with van der Waals surface area (Å²) in [6, 6.07) is 1.80. The van der Waals surface area contributed by atoms with Gasteiger partial charge in [-0.25, -0.2) is 4.98 Å². The van der Waals surface area contributed by atoms with Crippen LogP contribution in [-0.4, -0.2) is 22.9 Å². The zero-order chi connectivity index (χ0) is 14.9. The Labute approximate surface area is 114 Å². The largest absolute Gasteiger partial charge is 0.496 e. The van der Waals surface area contributed by atoms with E-state index in [9.17, 15) is 18.3 Å². The van der Waals surface area contributed by atoms with Gasteiger partial charge in [-0.15, -0.1) is 0 Å². The average Bonchev–Trinajstić information content (AvgIpc) is 2.67. The Morgan fingerprint density at radius 3 is 2.75 bits per heavy atom. The molecule has 2 heterocycles. The molecule has 0 saturated heterocycles. The first kappa shape index (κ1) is 14.6. The van der Waals surface area contributed by atoms with Crippen LogP contribution < -0.4 is 4.90 Å². The second-order valence-electron chi connectivity index (χ2n) is 4.47. The van der Waals surface area contributed by atoms with Crippen LogP contribution in [0.3, 0.4) is 0 Å². The number of halogens is 3. The van der Waals surface area contributed by atoms with Gasteiger partial charge >= 0.3 is 6.18 Å². The number of alkyl halides is 3. The molecule has 0 bridgehead atoms. The summed E-state index contributed by atoms with van der Waals surface area (Å²) in [6.45, 7) is 3.96. The highest BCUT2D eigenvalue weighted by Gasteiger charge is 2.35. The zero-order valence-corrected chi connectivity index (χ0v) is 11.1. The van der Waals surface area contributed by atoms with E-state index in [2.05, 4.69) is 4.98 Å². The second-order valence-corrected chi connectivity index (χ2v) is 4.47. The zero-order valence-electron chi connectivity index (χ0n) is 11.1. The monoisotopic (exact) mass is 288 g/mol. The summed E-state index contributed by atoms with van der Waals surface area (Å²) in [5.41, 5.74) is -0.805. The first-order valence-corrected chi connectivity index (χ1v) is 6.18. The highest BCUT2D eigenvalue weighted by molar-refractivity contribution is 5.48. The van der Waals surface area contributed by atoms with Gasteiger partial charge in [0.2, 0.25) is 0 Å². The van der Waals surface area contributed by atoms with Gasteiger partial charge in [0.05, 0.1) is 18.1 Å². The van der Waals surface area contributed by atoms with E-state index in [1.165, 1.54) is 11.1 Å². The number of pyridine rings is 1. The first-order valence-electron chi connectivity index (χ1n) is 6.18. The van der Waals surface area contributed by atoms with E-state index in [1.54, 1.807) is 13.8 Å². The molecule has 2 atom stereocenters. The smallest absolute Gasteiger partial charge is 0.416 e. The van der Waals surface area contributed by atoms with Crippen molar-refractivity contribution < 1.29 is 23.0 Å². The van der Waals surface area contributed by atoms with E-state index in [-0.39, 0.29) is 11.7 Å². The third-order valence-corrected chi connectivity index (χ3v) is 3.10. The van der Waals surface area contributed by atoms with Gasteiger partial charge in [0.25, 0.3) is 0 Å². The third kappa shape index (κ3) is 2.72. The van der Waals surface area contributed by atoms with Gasteiger partial charge in [-0.3, -0.25) is 0 Å². The van der Waals surface area contributed by atoms with Crippen LogP contribution in [0.5, 0.6) is 0 Å². The molecule has 1 aromatic rings. The molecule has 0 aromatic carbocycles. The minimum Gasteiger partial charge on any atom is -0.496 e. The van der Waals surface area contributed by atoms with Crippen molar-refractivity contribution in [1.82, 2.24) is 4.98 Å². The van der Waals surface area contributed by atoms with Gasteiger partial charge in [0.1, 0.15) is 17.8 Å². The number of anilines is 1. The number of aliphatic hydroxyl groups is 1. The molecule has 0 saturated carbocycles. The lowest BCUT2D eigenvalue weighted by Crippen LogP contribution is -2.31. The van der Waals surface area contributed by atoms with Crippen LogP contribution in [0.1, 0.15) is 19.4 Å². The molecule has 110 valence electrons. The number of rotatable bonds is 3. The maximum Gasteiger partial charge on any atom is 0.416 e. The fourth-order valence-electron chi connectivity index (χ4n) is 1.99. The minimum absolute atomic E-state index is 0.0360. The van der Waals surface area contributed by atoms with Crippen molar-refractivity contribution in [3.8, 4) is 0 Å². The summed E-state index contributed by atoms with van der Waals surface area (Å²) >= 11 is 0. The fourth-order valence-corrected chi connectivity index (χ4v) is 1.99. The quantitative estimate of drug-likeness (QED) is 0.929. The van der Waals surface area contributed by atoms with Crippen molar-refractivity contribution in [3.05, 3.63) is 35.9 Å². The van der Waals surface area contributed by atoms with Crippen LogP contribution in [0.4, 0.5) is 19.0 Å². The first-order chi connectivity index (χ1) is 9.34. The lowest BCUT2D eigenvalue weighted by molar-refractivity contribution is -0.137. The Morgan fingerprint density at radius 1 is 1.45 bits per heavy atom. The summed E-state index contributed by atoms with van der Waals surface area (Å²) in [5, 5.41) is 10.1. The summed E-state index contributed by atoms with van der Waals surface area (Å²) in [4.78, 5) is 5.16. The van der Waals surface area contributed by atoms with Crippen molar-refractivity contribution >= 4 is 5.82 Å². The van der Waals surface area contributed by atoms with E-state index in [1.807, 2.05) is 0 Å². The van der Waals surface area contributed by atoms with Crippen LogP contribution in [0.15, 0.2) is 30.3 Å². The summed E-state index contributed by atoms with van der Waals surface area (Å²) in [6.07, 6.45) is -2.88. The molecule has 0 spiro atoms. The summed E-state index contributed by atoms with van der Waals surface area (Å²) < 4.78 is 43.4. The Balaban J connectivity index is 2.32. The number of hydrogen-bond donors (Lipinski definition) is 1. The van der Waals surface area contributed by atoms with Gasteiger partial charge in [-0.1, -0.05) is 6.92 Å². The lowest BCUT2D eigenvalue weighted by atomic mass is 10.1. The molecule has 0 aliphatic carbocycles. The van der Waals surface area contributed by atoms with E-state index in [0.29, 0.717) is 12.4 Å². The van der Waals surface area contributed by atoms with E-state index >= 15 is 0 Å². The van der Waals surface area contributed by atoms with Crippen molar-refractivity contribution in [1.29, 1.82) is 0 Å². The van der Waals surface area contributed by atoms with Crippen LogP contribution in [-0.2, 0) is 10.9 Å². The molecular weight excluding hydrogens is 273 g/mol. The molecule has 2 unspecified atom stereocenters. The number of ether oxygens (including phenoxy) is 1. The van der Waals surface area contributed by atoms with Crippen LogP contribution in [0, 0.1) is 5.92 Å². The molecule has 1 aliphatic heterocycles. The molecule has 20 heavy (non-hydrogen) atoms. The molecule has 2 rings (SSSR count). The topological polar surface area (TPSA) is 45.6 Å². The van der Waals surface area contributed by atoms with Gasteiger partial charge in [-0.2, -0.15) is 13.2 Å². The van der Waals surface area contributed by atoms with Crippen LogP contribution in [0.2, 0.25) is 0 Å². The Kier molecular flexibility index (Phi) is 3.89. The lowest BCUT2D eigenvalue weighted by Gasteiger charge is -2.22. The van der Waals surface area contributed by atoms with Crippen LogP contribution in [0.25, 0.3) is 0 Å². The third-order valence-electron chi connectivity index (χ3n) is 3.10. The highest BCUT2D eigenvalue weighted by atomic mass is 19.4.